The lowest BCUT2D eigenvalue weighted by molar-refractivity contribution is 0.557. The Morgan fingerprint density at radius 3 is 0.750 bits per heavy atom. The van der Waals surface area contributed by atoms with Crippen molar-refractivity contribution in [3.8, 4) is 0 Å². The molecule has 0 aliphatic carbocycles. The Morgan fingerprint density at radius 2 is 0.750 bits per heavy atom. The van der Waals surface area contributed by atoms with Crippen LogP contribution in [0.15, 0.2) is 0 Å². The molecule has 0 aromatic rings. The standard InChI is InChI=1S/2CH3FO2S.2CH4/c2*1-5(2,3)4;;/h2*1H3;2*1H4. The minimum Gasteiger partial charge on any atom is -0.195 e. The highest BCUT2D eigenvalue weighted by Crippen LogP contribution is 1.75. The van der Waals surface area contributed by atoms with Gasteiger partial charge in [-0.1, -0.05) is 14.9 Å². The van der Waals surface area contributed by atoms with Gasteiger partial charge in [0.1, 0.15) is 0 Å². The van der Waals surface area contributed by atoms with Crippen LogP contribution in [0.1, 0.15) is 14.9 Å². The van der Waals surface area contributed by atoms with Crippen LogP contribution in [0.5, 0.6) is 0 Å². The quantitative estimate of drug-likeness (QED) is 0.582. The zero-order valence-electron chi connectivity index (χ0n) is 5.21. The van der Waals surface area contributed by atoms with E-state index >= 15 is 0 Å². The summed E-state index contributed by atoms with van der Waals surface area (Å²) in [5.74, 6) is 0. The van der Waals surface area contributed by atoms with E-state index in [1.807, 2.05) is 0 Å². The van der Waals surface area contributed by atoms with Crippen LogP contribution in [0.4, 0.5) is 7.77 Å². The van der Waals surface area contributed by atoms with E-state index in [-0.39, 0.29) is 14.9 Å². The normalized spacial score (nSPS) is 9.67. The summed E-state index contributed by atoms with van der Waals surface area (Å²) in [5.41, 5.74) is 0. The second-order valence-corrected chi connectivity index (χ2v) is 4.09. The maximum atomic E-state index is 10.7. The average Bonchev–Trinajstić information content (AvgIpc) is 1.12. The zero-order valence-corrected chi connectivity index (χ0v) is 6.84. The van der Waals surface area contributed by atoms with Gasteiger partial charge in [-0.05, 0) is 0 Å². The van der Waals surface area contributed by atoms with Gasteiger partial charge in [-0.3, -0.25) is 0 Å². The van der Waals surface area contributed by atoms with E-state index in [9.17, 15) is 7.77 Å². The predicted octanol–water partition coefficient (Wildman–Crippen LogP) is 1.10. The lowest BCUT2D eigenvalue weighted by atomic mass is 12.0. The van der Waals surface area contributed by atoms with Crippen LogP contribution in [0.3, 0.4) is 0 Å². The topological polar surface area (TPSA) is 68.3 Å². The van der Waals surface area contributed by atoms with E-state index in [1.54, 1.807) is 0 Å². The van der Waals surface area contributed by atoms with Crippen molar-refractivity contribution in [2.75, 3.05) is 12.5 Å². The molecule has 0 fully saturated rings. The molecule has 0 aromatic carbocycles. The molecule has 0 heterocycles. The Labute approximate surface area is 73.0 Å². The van der Waals surface area contributed by atoms with Gasteiger partial charge in [0.2, 0.25) is 0 Å². The third kappa shape index (κ3) is 13000. The maximum absolute atomic E-state index is 10.7. The molecular weight excluding hydrogens is 214 g/mol. The van der Waals surface area contributed by atoms with Crippen LogP contribution < -0.4 is 0 Å². The number of halogens is 2. The van der Waals surface area contributed by atoms with Crippen LogP contribution in [0, 0.1) is 0 Å². The zero-order chi connectivity index (χ0) is 9.00. The van der Waals surface area contributed by atoms with E-state index in [0.29, 0.717) is 12.5 Å². The SMILES string of the molecule is C.C.CS(=O)(=O)F.CS(=O)(=O)F. The maximum Gasteiger partial charge on any atom is 0.299 e. The van der Waals surface area contributed by atoms with Crippen LogP contribution in [-0.2, 0) is 20.4 Å². The Balaban J connectivity index is -0.0000000457. The van der Waals surface area contributed by atoms with Crippen molar-refractivity contribution in [3.63, 3.8) is 0 Å². The van der Waals surface area contributed by atoms with E-state index in [4.69, 9.17) is 16.8 Å². The molecule has 0 radical (unpaired) electrons. The van der Waals surface area contributed by atoms with Gasteiger partial charge in [0.15, 0.2) is 0 Å². The van der Waals surface area contributed by atoms with Gasteiger partial charge in [0.05, 0.1) is 12.5 Å². The van der Waals surface area contributed by atoms with E-state index in [2.05, 4.69) is 0 Å². The first kappa shape index (κ1) is 22.6. The molecule has 0 spiro atoms. The third-order valence-electron chi connectivity index (χ3n) is 0. The summed E-state index contributed by atoms with van der Waals surface area (Å²) >= 11 is 0. The van der Waals surface area contributed by atoms with Gasteiger partial charge in [0, 0.05) is 0 Å². The summed E-state index contributed by atoms with van der Waals surface area (Å²) in [4.78, 5) is 0. The first-order valence-corrected chi connectivity index (χ1v) is 5.38. The van der Waals surface area contributed by atoms with E-state index in [1.165, 1.54) is 0 Å². The fourth-order valence-electron chi connectivity index (χ4n) is 0. The monoisotopic (exact) mass is 228 g/mol. The summed E-state index contributed by atoms with van der Waals surface area (Å²) in [7, 11) is -8.33. The molecule has 0 aromatic heterocycles. The van der Waals surface area contributed by atoms with Crippen molar-refractivity contribution in [2.24, 2.45) is 0 Å². The molecule has 0 rings (SSSR count). The molecule has 0 saturated heterocycles. The van der Waals surface area contributed by atoms with Crippen LogP contribution >= 0.6 is 0 Å². The Bertz CT molecular complexity index is 219. The van der Waals surface area contributed by atoms with Crippen molar-refractivity contribution in [1.29, 1.82) is 0 Å². The fourth-order valence-corrected chi connectivity index (χ4v) is 0. The summed E-state index contributed by atoms with van der Waals surface area (Å²) in [6, 6.07) is 0. The fraction of sp³-hybridized carbons (Fsp3) is 1.00. The first-order valence-electron chi connectivity index (χ1n) is 1.79. The Hall–Kier alpha value is -0.240. The molecule has 0 bridgehead atoms. The van der Waals surface area contributed by atoms with Gasteiger partial charge in [-0.2, -0.15) is 16.8 Å². The Morgan fingerprint density at radius 1 is 0.750 bits per heavy atom. The number of hydrogen-bond acceptors (Lipinski definition) is 4. The highest BCUT2D eigenvalue weighted by atomic mass is 32.3. The van der Waals surface area contributed by atoms with E-state index < -0.39 is 20.4 Å². The third-order valence-corrected chi connectivity index (χ3v) is 0. The van der Waals surface area contributed by atoms with Crippen molar-refractivity contribution in [2.45, 2.75) is 14.9 Å². The molecular formula is C4H14F2O4S2. The largest absolute Gasteiger partial charge is 0.299 e. The average molecular weight is 228 g/mol. The second-order valence-electron chi connectivity index (χ2n) is 1.36. The lowest BCUT2D eigenvalue weighted by Gasteiger charge is -1.63. The van der Waals surface area contributed by atoms with Crippen LogP contribution in [0.2, 0.25) is 0 Å². The summed E-state index contributed by atoms with van der Waals surface area (Å²) in [6.07, 6.45) is 0.986. The van der Waals surface area contributed by atoms with Gasteiger partial charge in [0.25, 0.3) is 20.4 Å². The Kier molecular flexibility index (Phi) is 14.0. The van der Waals surface area contributed by atoms with Crippen LogP contribution in [-0.4, -0.2) is 29.3 Å². The molecule has 0 N–H and O–H groups in total. The lowest BCUT2D eigenvalue weighted by Crippen LogP contribution is -1.78. The van der Waals surface area contributed by atoms with Crippen LogP contribution in [0.25, 0.3) is 0 Å². The van der Waals surface area contributed by atoms with Crippen molar-refractivity contribution < 1.29 is 24.6 Å². The predicted molar refractivity (Wildman–Crippen MR) is 45.4 cm³/mol. The molecule has 0 atom stereocenters. The molecule has 0 unspecified atom stereocenters. The second kappa shape index (κ2) is 7.41. The smallest absolute Gasteiger partial charge is 0.195 e. The summed E-state index contributed by atoms with van der Waals surface area (Å²) in [6.45, 7) is 0. The first-order chi connectivity index (χ1) is 4.00. The van der Waals surface area contributed by atoms with Crippen molar-refractivity contribution >= 4 is 20.4 Å². The summed E-state index contributed by atoms with van der Waals surface area (Å²) < 4.78 is 57.2. The molecule has 0 amide bonds. The van der Waals surface area contributed by atoms with E-state index in [0.717, 1.165) is 0 Å². The number of hydrogen-bond donors (Lipinski definition) is 0. The molecule has 4 nitrogen and oxygen atoms in total. The molecule has 0 saturated carbocycles. The van der Waals surface area contributed by atoms with Gasteiger partial charge >= 0.3 is 0 Å². The number of rotatable bonds is 0. The molecule has 12 heavy (non-hydrogen) atoms. The van der Waals surface area contributed by atoms with Gasteiger partial charge < -0.3 is 0 Å². The molecule has 0 aliphatic heterocycles. The highest BCUT2D eigenvalue weighted by molar-refractivity contribution is 7.85. The van der Waals surface area contributed by atoms with Crippen molar-refractivity contribution in [3.05, 3.63) is 0 Å². The minimum atomic E-state index is -4.17. The molecule has 0 aliphatic rings. The van der Waals surface area contributed by atoms with Gasteiger partial charge in [-0.15, -0.1) is 7.77 Å². The molecule has 80 valence electrons. The minimum absolute atomic E-state index is 0. The van der Waals surface area contributed by atoms with Crippen molar-refractivity contribution in [1.82, 2.24) is 0 Å². The van der Waals surface area contributed by atoms with Gasteiger partial charge in [-0.25, -0.2) is 0 Å². The molecule has 8 heteroatoms. The summed E-state index contributed by atoms with van der Waals surface area (Å²) in [5, 5.41) is 0. The highest BCUT2D eigenvalue weighted by Gasteiger charge is 1.86.